The minimum absolute atomic E-state index is 0.113. The summed E-state index contributed by atoms with van der Waals surface area (Å²) in [6.07, 6.45) is 0. The van der Waals surface area contributed by atoms with E-state index in [0.717, 1.165) is 12.1 Å². The Morgan fingerprint density at radius 2 is 1.91 bits per heavy atom. The van der Waals surface area contributed by atoms with Crippen molar-refractivity contribution in [2.75, 3.05) is 0 Å². The maximum atomic E-state index is 12.5. The Hall–Kier alpha value is -0.635. The normalized spacial score (nSPS) is 9.82. The summed E-state index contributed by atoms with van der Waals surface area (Å²) in [6, 6.07) is 3.06. The Bertz CT molecular complexity index is 264. The third-order valence-electron chi connectivity index (χ3n) is 1.19. The first kappa shape index (κ1) is 8.46. The number of hydrogen-bond donors (Lipinski definition) is 0. The zero-order chi connectivity index (χ0) is 8.43. The van der Waals surface area contributed by atoms with Crippen LogP contribution in [-0.4, -0.2) is 7.27 Å². The van der Waals surface area contributed by atoms with Gasteiger partial charge < -0.3 is 0 Å². The predicted octanol–water partition coefficient (Wildman–Crippen LogP) is 2.11. The van der Waals surface area contributed by atoms with Crippen LogP contribution in [0.3, 0.4) is 0 Å². The van der Waals surface area contributed by atoms with Crippen LogP contribution in [0.2, 0.25) is 5.02 Å². The van der Waals surface area contributed by atoms with Gasteiger partial charge in [-0.1, -0.05) is 11.6 Å². The van der Waals surface area contributed by atoms with Gasteiger partial charge in [0.25, 0.3) is 0 Å². The lowest BCUT2D eigenvalue weighted by Crippen LogP contribution is -2.23. The molecule has 0 nitrogen and oxygen atoms in total. The zero-order valence-corrected chi connectivity index (χ0v) is 6.08. The number of benzene rings is 1. The van der Waals surface area contributed by atoms with Gasteiger partial charge in [0, 0.05) is 10.5 Å². The fraction of sp³-hybridized carbons (Fsp3) is 0. The van der Waals surface area contributed by atoms with Gasteiger partial charge in [0.2, 0.25) is 0 Å². The van der Waals surface area contributed by atoms with E-state index in [2.05, 4.69) is 0 Å². The van der Waals surface area contributed by atoms with Crippen LogP contribution >= 0.6 is 11.6 Å². The SMILES string of the molecule is FB(F)c1cc(Cl)ccc1F. The third-order valence-corrected chi connectivity index (χ3v) is 1.43. The first-order valence-corrected chi connectivity index (χ1v) is 3.22. The molecule has 0 heterocycles. The Kier molecular flexibility index (Phi) is 2.44. The molecular weight excluding hydrogens is 175 g/mol. The second kappa shape index (κ2) is 3.18. The second-order valence-corrected chi connectivity index (χ2v) is 2.40. The summed E-state index contributed by atoms with van der Waals surface area (Å²) in [6.45, 7) is 0. The fourth-order valence-electron chi connectivity index (χ4n) is 0.682. The first-order valence-electron chi connectivity index (χ1n) is 2.84. The first-order chi connectivity index (χ1) is 5.11. The summed E-state index contributed by atoms with van der Waals surface area (Å²) in [5.74, 6) is -0.926. The van der Waals surface area contributed by atoms with Crippen molar-refractivity contribution in [2.24, 2.45) is 0 Å². The summed E-state index contributed by atoms with van der Waals surface area (Å²) in [5, 5.41) is 0.113. The average molecular weight is 178 g/mol. The summed E-state index contributed by atoms with van der Waals surface area (Å²) in [5.41, 5.74) is -0.655. The van der Waals surface area contributed by atoms with Gasteiger partial charge in [-0.3, -0.25) is 8.63 Å². The van der Waals surface area contributed by atoms with Crippen molar-refractivity contribution < 1.29 is 13.0 Å². The molecule has 0 saturated carbocycles. The molecule has 0 atom stereocenters. The van der Waals surface area contributed by atoms with E-state index in [1.807, 2.05) is 0 Å². The molecule has 0 aliphatic rings. The lowest BCUT2D eigenvalue weighted by Gasteiger charge is -1.97. The molecule has 0 amide bonds. The van der Waals surface area contributed by atoms with Gasteiger partial charge in [-0.2, -0.15) is 0 Å². The molecule has 5 heteroatoms. The summed E-state index contributed by atoms with van der Waals surface area (Å²) in [4.78, 5) is 0. The van der Waals surface area contributed by atoms with E-state index in [1.165, 1.54) is 6.07 Å². The van der Waals surface area contributed by atoms with Gasteiger partial charge >= 0.3 is 7.27 Å². The molecule has 0 radical (unpaired) electrons. The van der Waals surface area contributed by atoms with Crippen molar-refractivity contribution in [1.29, 1.82) is 0 Å². The molecule has 0 N–H and O–H groups in total. The highest BCUT2D eigenvalue weighted by atomic mass is 35.5. The van der Waals surface area contributed by atoms with Crippen molar-refractivity contribution in [2.45, 2.75) is 0 Å². The Labute approximate surface area is 67.2 Å². The highest BCUT2D eigenvalue weighted by Gasteiger charge is 2.20. The van der Waals surface area contributed by atoms with Gasteiger partial charge in [-0.25, -0.2) is 4.39 Å². The molecular formula is C6H3BClF3. The largest absolute Gasteiger partial charge is 0.574 e. The number of halogens is 4. The van der Waals surface area contributed by atoms with E-state index in [-0.39, 0.29) is 5.02 Å². The molecule has 58 valence electrons. The van der Waals surface area contributed by atoms with Crippen molar-refractivity contribution >= 4 is 24.3 Å². The van der Waals surface area contributed by atoms with Crippen LogP contribution in [0.4, 0.5) is 13.0 Å². The molecule has 0 bridgehead atoms. The van der Waals surface area contributed by atoms with E-state index >= 15 is 0 Å². The Balaban J connectivity index is 3.13. The van der Waals surface area contributed by atoms with Crippen LogP contribution in [0.5, 0.6) is 0 Å². The smallest absolute Gasteiger partial charge is 0.281 e. The second-order valence-electron chi connectivity index (χ2n) is 1.97. The van der Waals surface area contributed by atoms with Crippen molar-refractivity contribution in [3.05, 3.63) is 29.0 Å². The summed E-state index contributed by atoms with van der Waals surface area (Å²) < 4.78 is 36.3. The van der Waals surface area contributed by atoms with Gasteiger partial charge in [0.15, 0.2) is 0 Å². The van der Waals surface area contributed by atoms with Gasteiger partial charge in [-0.05, 0) is 18.2 Å². The average Bonchev–Trinajstić information content (AvgIpc) is 1.94. The molecule has 0 unspecified atom stereocenters. The van der Waals surface area contributed by atoms with E-state index < -0.39 is 18.5 Å². The van der Waals surface area contributed by atoms with E-state index in [0.29, 0.717) is 0 Å². The molecule has 0 spiro atoms. The number of rotatable bonds is 1. The lowest BCUT2D eigenvalue weighted by molar-refractivity contribution is 0.622. The minimum Gasteiger partial charge on any atom is -0.281 e. The van der Waals surface area contributed by atoms with E-state index in [1.54, 1.807) is 0 Å². The molecule has 1 rings (SSSR count). The molecule has 0 fully saturated rings. The Morgan fingerprint density at radius 3 is 2.36 bits per heavy atom. The molecule has 0 aliphatic heterocycles. The summed E-state index contributed by atoms with van der Waals surface area (Å²) in [7, 11) is -2.81. The fourth-order valence-corrected chi connectivity index (χ4v) is 0.862. The number of hydrogen-bond acceptors (Lipinski definition) is 0. The molecule has 1 aromatic carbocycles. The van der Waals surface area contributed by atoms with Crippen LogP contribution in [0, 0.1) is 5.82 Å². The van der Waals surface area contributed by atoms with Crippen LogP contribution in [0.15, 0.2) is 18.2 Å². The maximum Gasteiger partial charge on any atom is 0.574 e. The van der Waals surface area contributed by atoms with Gasteiger partial charge in [0.1, 0.15) is 5.82 Å². The van der Waals surface area contributed by atoms with Crippen LogP contribution < -0.4 is 5.46 Å². The zero-order valence-electron chi connectivity index (χ0n) is 5.32. The van der Waals surface area contributed by atoms with Crippen molar-refractivity contribution in [1.82, 2.24) is 0 Å². The topological polar surface area (TPSA) is 0 Å². The summed E-state index contributed by atoms with van der Waals surface area (Å²) >= 11 is 5.36. The highest BCUT2D eigenvalue weighted by molar-refractivity contribution is 6.60. The lowest BCUT2D eigenvalue weighted by atomic mass is 9.86. The quantitative estimate of drug-likeness (QED) is 0.578. The molecule has 0 saturated heterocycles. The third kappa shape index (κ3) is 1.90. The van der Waals surface area contributed by atoms with Gasteiger partial charge in [-0.15, -0.1) is 0 Å². The van der Waals surface area contributed by atoms with Crippen LogP contribution in [-0.2, 0) is 0 Å². The van der Waals surface area contributed by atoms with Gasteiger partial charge in [0.05, 0.1) is 0 Å². The van der Waals surface area contributed by atoms with Crippen molar-refractivity contribution in [3.8, 4) is 0 Å². The monoisotopic (exact) mass is 178 g/mol. The van der Waals surface area contributed by atoms with Crippen LogP contribution in [0.25, 0.3) is 0 Å². The highest BCUT2D eigenvalue weighted by Crippen LogP contribution is 2.08. The van der Waals surface area contributed by atoms with E-state index in [9.17, 15) is 13.0 Å². The maximum absolute atomic E-state index is 12.5. The minimum atomic E-state index is -2.81. The standard InChI is InChI=1S/C6H3BClF3/c8-4-1-2-6(9)5(3-4)7(10)11/h1-3H. The van der Waals surface area contributed by atoms with E-state index in [4.69, 9.17) is 11.6 Å². The molecule has 11 heavy (non-hydrogen) atoms. The van der Waals surface area contributed by atoms with Crippen LogP contribution in [0.1, 0.15) is 0 Å². The predicted molar refractivity (Wildman–Crippen MR) is 39.0 cm³/mol. The Morgan fingerprint density at radius 1 is 1.27 bits per heavy atom. The molecule has 0 aliphatic carbocycles. The molecule has 1 aromatic rings. The van der Waals surface area contributed by atoms with Crippen molar-refractivity contribution in [3.63, 3.8) is 0 Å². The molecule has 0 aromatic heterocycles.